The van der Waals surface area contributed by atoms with Gasteiger partial charge in [0.1, 0.15) is 11.6 Å². The minimum absolute atomic E-state index is 0.0671. The molecule has 3 aromatic carbocycles. The minimum Gasteiger partial charge on any atom is -0.497 e. The second-order valence-electron chi connectivity index (χ2n) is 6.94. The van der Waals surface area contributed by atoms with E-state index in [-0.39, 0.29) is 24.8 Å². The molecule has 4 rings (SSSR count). The van der Waals surface area contributed by atoms with Crippen LogP contribution in [0.2, 0.25) is 5.02 Å². The van der Waals surface area contributed by atoms with Gasteiger partial charge in [-0.15, -0.1) is 0 Å². The molecule has 0 radical (unpaired) electrons. The third-order valence-corrected chi connectivity index (χ3v) is 5.21. The van der Waals surface area contributed by atoms with Gasteiger partial charge in [0.25, 0.3) is 5.91 Å². The van der Waals surface area contributed by atoms with Gasteiger partial charge in [0.2, 0.25) is 0 Å². The first kappa shape index (κ1) is 20.6. The number of carbonyl (C=O) groups is 2. The van der Waals surface area contributed by atoms with Crippen LogP contribution >= 0.6 is 11.6 Å². The molecule has 0 aliphatic rings. The van der Waals surface area contributed by atoms with Crippen LogP contribution in [0.5, 0.6) is 5.75 Å². The third kappa shape index (κ3) is 4.59. The molecule has 0 saturated heterocycles. The first-order valence-corrected chi connectivity index (χ1v) is 10.1. The lowest BCUT2D eigenvalue weighted by molar-refractivity contribution is 0.0949. The number of Topliss-reactive ketones (excluding diaryl/α,β-unsaturated/α-hetero) is 1. The summed E-state index contributed by atoms with van der Waals surface area (Å²) in [6.45, 7) is 0.295. The zero-order valence-electron chi connectivity index (χ0n) is 16.8. The summed E-state index contributed by atoms with van der Waals surface area (Å²) >= 11 is 5.93. The van der Waals surface area contributed by atoms with Crippen LogP contribution in [0.1, 0.15) is 26.5 Å². The van der Waals surface area contributed by atoms with Crippen LogP contribution in [0, 0.1) is 0 Å². The van der Waals surface area contributed by atoms with Crippen LogP contribution in [0.25, 0.3) is 11.0 Å². The maximum absolute atomic E-state index is 12.8. The fourth-order valence-corrected chi connectivity index (χ4v) is 3.44. The molecule has 6 nitrogen and oxygen atoms in total. The number of fused-ring (bicyclic) bond motifs is 1. The maximum Gasteiger partial charge on any atom is 0.251 e. The molecular weight excluding hydrogens is 414 g/mol. The lowest BCUT2D eigenvalue weighted by atomic mass is 10.1. The fraction of sp³-hybridized carbons (Fsp3) is 0.125. The van der Waals surface area contributed by atoms with Crippen LogP contribution < -0.4 is 10.1 Å². The van der Waals surface area contributed by atoms with Crippen molar-refractivity contribution in [3.63, 3.8) is 0 Å². The van der Waals surface area contributed by atoms with E-state index in [1.807, 2.05) is 28.8 Å². The molecule has 156 valence electrons. The van der Waals surface area contributed by atoms with Crippen LogP contribution in [0.4, 0.5) is 0 Å². The standard InChI is InChI=1S/C24H20ClN3O3/c1-31-19-12-8-17(9-13-19)24(30)26-14-23-27-20-4-2-3-5-21(20)28(23)15-22(29)16-6-10-18(25)11-7-16/h2-13H,14-15H2,1H3,(H,26,30). The summed E-state index contributed by atoms with van der Waals surface area (Å²) in [6, 6.07) is 21.2. The Kier molecular flexibility index (Phi) is 6.00. The van der Waals surface area contributed by atoms with Crippen LogP contribution in [-0.4, -0.2) is 28.4 Å². The fourth-order valence-electron chi connectivity index (χ4n) is 3.31. The van der Waals surface area contributed by atoms with Crippen LogP contribution in [0.3, 0.4) is 0 Å². The van der Waals surface area contributed by atoms with Gasteiger partial charge in [-0.1, -0.05) is 23.7 Å². The number of halogens is 1. The molecule has 4 aromatic rings. The Morgan fingerprint density at radius 2 is 1.65 bits per heavy atom. The number of imidazole rings is 1. The molecule has 7 heteroatoms. The molecule has 1 heterocycles. The van der Waals surface area contributed by atoms with Crippen LogP contribution in [0.15, 0.2) is 72.8 Å². The van der Waals surface area contributed by atoms with Gasteiger partial charge >= 0.3 is 0 Å². The van der Waals surface area contributed by atoms with E-state index in [0.29, 0.717) is 27.7 Å². The molecule has 1 amide bonds. The number of nitrogens with zero attached hydrogens (tertiary/aromatic N) is 2. The normalized spacial score (nSPS) is 10.8. The van der Waals surface area contributed by atoms with Gasteiger partial charge in [0.15, 0.2) is 5.78 Å². The zero-order valence-corrected chi connectivity index (χ0v) is 17.6. The molecule has 0 aliphatic carbocycles. The number of aromatic nitrogens is 2. The highest BCUT2D eigenvalue weighted by Gasteiger charge is 2.16. The average Bonchev–Trinajstić information content (AvgIpc) is 3.15. The van der Waals surface area contributed by atoms with Crippen molar-refractivity contribution in [2.45, 2.75) is 13.1 Å². The monoisotopic (exact) mass is 433 g/mol. The summed E-state index contributed by atoms with van der Waals surface area (Å²) in [5, 5.41) is 3.46. The van der Waals surface area contributed by atoms with Crippen molar-refractivity contribution in [2.75, 3.05) is 7.11 Å². The highest BCUT2D eigenvalue weighted by Crippen LogP contribution is 2.18. The molecule has 0 bridgehead atoms. The highest BCUT2D eigenvalue weighted by atomic mass is 35.5. The number of methoxy groups -OCH3 is 1. The summed E-state index contributed by atoms with van der Waals surface area (Å²) in [4.78, 5) is 30.0. The lowest BCUT2D eigenvalue weighted by Gasteiger charge is -2.10. The van der Waals surface area contributed by atoms with E-state index in [4.69, 9.17) is 16.3 Å². The Morgan fingerprint density at radius 1 is 0.968 bits per heavy atom. The SMILES string of the molecule is COc1ccc(C(=O)NCc2nc3ccccc3n2CC(=O)c2ccc(Cl)cc2)cc1. The number of para-hydroxylation sites is 2. The van der Waals surface area contributed by atoms with Crippen molar-refractivity contribution in [3.05, 3.63) is 94.8 Å². The van der Waals surface area contributed by atoms with E-state index in [1.165, 1.54) is 0 Å². The van der Waals surface area contributed by atoms with Crippen molar-refractivity contribution in [1.82, 2.24) is 14.9 Å². The molecule has 0 spiro atoms. The van der Waals surface area contributed by atoms with Gasteiger partial charge in [-0.05, 0) is 60.7 Å². The second-order valence-corrected chi connectivity index (χ2v) is 7.38. The quantitative estimate of drug-likeness (QED) is 0.435. The topological polar surface area (TPSA) is 73.2 Å². The zero-order chi connectivity index (χ0) is 21.8. The number of ketones is 1. The molecule has 31 heavy (non-hydrogen) atoms. The van der Waals surface area contributed by atoms with E-state index in [1.54, 1.807) is 55.6 Å². The predicted molar refractivity (Wildman–Crippen MR) is 120 cm³/mol. The maximum atomic E-state index is 12.8. The van der Waals surface area contributed by atoms with Crippen molar-refractivity contribution in [1.29, 1.82) is 0 Å². The van der Waals surface area contributed by atoms with Crippen molar-refractivity contribution < 1.29 is 14.3 Å². The molecule has 1 N–H and O–H groups in total. The summed E-state index contributed by atoms with van der Waals surface area (Å²) in [7, 11) is 1.57. The summed E-state index contributed by atoms with van der Waals surface area (Å²) < 4.78 is 6.96. The highest BCUT2D eigenvalue weighted by molar-refractivity contribution is 6.30. The number of nitrogens with one attached hydrogen (secondary N) is 1. The number of hydrogen-bond donors (Lipinski definition) is 1. The lowest BCUT2D eigenvalue weighted by Crippen LogP contribution is -2.25. The number of benzene rings is 3. The molecular formula is C24H20ClN3O3. The molecule has 0 unspecified atom stereocenters. The van der Waals surface area contributed by atoms with E-state index >= 15 is 0 Å². The number of hydrogen-bond acceptors (Lipinski definition) is 4. The summed E-state index contributed by atoms with van der Waals surface area (Å²) in [6.07, 6.45) is 0. The average molecular weight is 434 g/mol. The second kappa shape index (κ2) is 9.02. The van der Waals surface area contributed by atoms with Crippen molar-refractivity contribution in [3.8, 4) is 5.75 Å². The molecule has 0 saturated carbocycles. The smallest absolute Gasteiger partial charge is 0.251 e. The van der Waals surface area contributed by atoms with Crippen molar-refractivity contribution in [2.24, 2.45) is 0 Å². The minimum atomic E-state index is -0.231. The number of ether oxygens (including phenoxy) is 1. The van der Waals surface area contributed by atoms with E-state index in [2.05, 4.69) is 10.3 Å². The Hall–Kier alpha value is -3.64. The number of carbonyl (C=O) groups excluding carboxylic acids is 2. The van der Waals surface area contributed by atoms with Crippen LogP contribution in [-0.2, 0) is 13.1 Å². The predicted octanol–water partition coefficient (Wildman–Crippen LogP) is 4.51. The van der Waals surface area contributed by atoms with Crippen molar-refractivity contribution >= 4 is 34.3 Å². The van der Waals surface area contributed by atoms with Gasteiger partial charge in [-0.25, -0.2) is 4.98 Å². The first-order chi connectivity index (χ1) is 15.0. The summed E-state index contributed by atoms with van der Waals surface area (Å²) in [5.41, 5.74) is 2.68. The number of rotatable bonds is 7. The van der Waals surface area contributed by atoms with Gasteiger partial charge in [-0.2, -0.15) is 0 Å². The Labute approximate surface area is 184 Å². The molecule has 0 atom stereocenters. The van der Waals surface area contributed by atoms with E-state index in [9.17, 15) is 9.59 Å². The van der Waals surface area contributed by atoms with E-state index < -0.39 is 0 Å². The van der Waals surface area contributed by atoms with Gasteiger partial charge < -0.3 is 14.6 Å². The third-order valence-electron chi connectivity index (χ3n) is 4.96. The first-order valence-electron chi connectivity index (χ1n) is 9.70. The summed E-state index contributed by atoms with van der Waals surface area (Å²) in [5.74, 6) is 0.984. The molecule has 0 aliphatic heterocycles. The van der Waals surface area contributed by atoms with Gasteiger partial charge in [-0.3, -0.25) is 9.59 Å². The van der Waals surface area contributed by atoms with E-state index in [0.717, 1.165) is 11.0 Å². The Morgan fingerprint density at radius 3 is 2.35 bits per heavy atom. The number of amides is 1. The Bertz CT molecular complexity index is 1230. The Balaban J connectivity index is 1.56. The molecule has 0 fully saturated rings. The van der Waals surface area contributed by atoms with Gasteiger partial charge in [0, 0.05) is 16.1 Å². The molecule has 1 aromatic heterocycles. The largest absolute Gasteiger partial charge is 0.497 e. The van der Waals surface area contributed by atoms with Gasteiger partial charge in [0.05, 0.1) is 31.2 Å².